The molecule has 0 spiro atoms. The van der Waals surface area contributed by atoms with E-state index < -0.39 is 5.91 Å². The highest BCUT2D eigenvalue weighted by atomic mass is 16.3. The summed E-state index contributed by atoms with van der Waals surface area (Å²) in [4.78, 5) is 11.7. The lowest BCUT2D eigenvalue weighted by atomic mass is 10.2. The smallest absolute Gasteiger partial charge is 0.275 e. The average molecular weight is 288 g/mol. The van der Waals surface area contributed by atoms with Crippen molar-refractivity contribution in [2.24, 2.45) is 16.8 Å². The molecule has 110 valence electrons. The summed E-state index contributed by atoms with van der Waals surface area (Å²) in [7, 11) is 0. The summed E-state index contributed by atoms with van der Waals surface area (Å²) >= 11 is 0. The Balaban J connectivity index is 0.00000106. The molecule has 0 atom stereocenters. The molecular formula is C14H16N4O3. The van der Waals surface area contributed by atoms with Crippen LogP contribution in [0.4, 0.5) is 0 Å². The van der Waals surface area contributed by atoms with Gasteiger partial charge in [-0.05, 0) is 24.3 Å². The van der Waals surface area contributed by atoms with Gasteiger partial charge in [-0.15, -0.1) is 0 Å². The minimum absolute atomic E-state index is 0.0723. The number of aromatic hydroxyl groups is 2. The molecule has 2 aromatic rings. The molecule has 0 aromatic heterocycles. The Hall–Kier alpha value is -2.90. The lowest BCUT2D eigenvalue weighted by Gasteiger charge is -2.02. The Morgan fingerprint density at radius 2 is 1.57 bits per heavy atom. The van der Waals surface area contributed by atoms with Crippen molar-refractivity contribution in [1.29, 1.82) is 0 Å². The van der Waals surface area contributed by atoms with Crippen molar-refractivity contribution in [2.75, 3.05) is 0 Å². The highest BCUT2D eigenvalue weighted by molar-refractivity contribution is 5.97. The molecule has 0 radical (unpaired) electrons. The number of hydrogen-bond donors (Lipinski definition) is 5. The maximum absolute atomic E-state index is 11.7. The number of nitrogens with one attached hydrogen (secondary N) is 1. The number of carbonyl (C=O) groups excluding carboxylic acids is 1. The summed E-state index contributed by atoms with van der Waals surface area (Å²) in [6, 6.07) is 12.8. The summed E-state index contributed by atoms with van der Waals surface area (Å²) in [6.07, 6.45) is 1.33. The molecule has 1 amide bonds. The van der Waals surface area contributed by atoms with Crippen molar-refractivity contribution >= 4 is 12.1 Å². The van der Waals surface area contributed by atoms with Gasteiger partial charge in [-0.3, -0.25) is 16.5 Å². The molecule has 0 aliphatic rings. The zero-order valence-electron chi connectivity index (χ0n) is 11.1. The maximum atomic E-state index is 11.7. The van der Waals surface area contributed by atoms with Crippen molar-refractivity contribution < 1.29 is 15.0 Å². The molecule has 2 rings (SSSR count). The summed E-state index contributed by atoms with van der Waals surface area (Å²) in [6.45, 7) is 0. The lowest BCUT2D eigenvalue weighted by Crippen LogP contribution is -2.17. The zero-order chi connectivity index (χ0) is 15.7. The molecule has 0 aliphatic carbocycles. The van der Waals surface area contributed by atoms with Crippen LogP contribution in [-0.4, -0.2) is 22.3 Å². The lowest BCUT2D eigenvalue weighted by molar-refractivity contribution is 0.0952. The zero-order valence-corrected chi connectivity index (χ0v) is 11.1. The van der Waals surface area contributed by atoms with Crippen LogP contribution in [0.3, 0.4) is 0 Å². The predicted octanol–water partition coefficient (Wildman–Crippen LogP) is 0.681. The average Bonchev–Trinajstić information content (AvgIpc) is 2.51. The number of para-hydroxylation sites is 2. The van der Waals surface area contributed by atoms with Crippen LogP contribution in [0.25, 0.3) is 0 Å². The van der Waals surface area contributed by atoms with Crippen molar-refractivity contribution in [3.63, 3.8) is 0 Å². The highest BCUT2D eigenvalue weighted by Gasteiger charge is 2.08. The Morgan fingerprint density at radius 1 is 1.00 bits per heavy atom. The van der Waals surface area contributed by atoms with Gasteiger partial charge in [0.05, 0.1) is 11.8 Å². The number of hydrazine groups is 1. The van der Waals surface area contributed by atoms with Crippen LogP contribution in [0.2, 0.25) is 0 Å². The summed E-state index contributed by atoms with van der Waals surface area (Å²) in [5, 5.41) is 22.7. The van der Waals surface area contributed by atoms with Crippen LogP contribution in [0.5, 0.6) is 11.5 Å². The Morgan fingerprint density at radius 3 is 2.19 bits per heavy atom. The number of rotatable bonds is 3. The third-order valence-electron chi connectivity index (χ3n) is 2.46. The van der Waals surface area contributed by atoms with Gasteiger partial charge in [0.15, 0.2) is 0 Å². The predicted molar refractivity (Wildman–Crippen MR) is 79.6 cm³/mol. The number of hydrazone groups is 1. The van der Waals surface area contributed by atoms with Crippen LogP contribution in [0, 0.1) is 0 Å². The van der Waals surface area contributed by atoms with Gasteiger partial charge in [-0.1, -0.05) is 24.3 Å². The molecule has 0 saturated carbocycles. The van der Waals surface area contributed by atoms with Crippen LogP contribution >= 0.6 is 0 Å². The molecule has 21 heavy (non-hydrogen) atoms. The van der Waals surface area contributed by atoms with Crippen LogP contribution in [0.1, 0.15) is 15.9 Å². The normalized spacial score (nSPS) is 9.81. The maximum Gasteiger partial charge on any atom is 0.275 e. The third kappa shape index (κ3) is 4.60. The van der Waals surface area contributed by atoms with E-state index in [1.54, 1.807) is 30.3 Å². The first kappa shape index (κ1) is 16.2. The molecule has 7 N–H and O–H groups in total. The van der Waals surface area contributed by atoms with Crippen molar-refractivity contribution in [3.05, 3.63) is 59.7 Å². The molecule has 7 nitrogen and oxygen atoms in total. The van der Waals surface area contributed by atoms with E-state index in [2.05, 4.69) is 22.2 Å². The standard InChI is InChI=1S/C14H12N2O3.H4N2/c17-12-7-3-1-5-10(12)9-15-16-14(19)11-6-2-4-8-13(11)18;1-2/h1-9,17-18H,(H,16,19);1-2H2. The van der Waals surface area contributed by atoms with E-state index in [0.717, 1.165) is 0 Å². The number of nitrogens with two attached hydrogens (primary N) is 2. The van der Waals surface area contributed by atoms with Crippen molar-refractivity contribution in [2.45, 2.75) is 0 Å². The van der Waals surface area contributed by atoms with Gasteiger partial charge in [0.25, 0.3) is 5.91 Å². The van der Waals surface area contributed by atoms with E-state index in [4.69, 9.17) is 0 Å². The fourth-order valence-corrected chi connectivity index (χ4v) is 1.48. The van der Waals surface area contributed by atoms with Gasteiger partial charge < -0.3 is 10.2 Å². The molecule has 0 unspecified atom stereocenters. The number of phenolic OH excluding ortho intramolecular Hbond substituents is 2. The molecule has 0 bridgehead atoms. The van der Waals surface area contributed by atoms with Gasteiger partial charge >= 0.3 is 0 Å². The minimum Gasteiger partial charge on any atom is -0.507 e. The quantitative estimate of drug-likeness (QED) is 0.321. The second-order valence-electron chi connectivity index (χ2n) is 3.78. The van der Waals surface area contributed by atoms with Gasteiger partial charge in [0, 0.05) is 5.56 Å². The van der Waals surface area contributed by atoms with E-state index in [1.165, 1.54) is 24.4 Å². The van der Waals surface area contributed by atoms with Crippen LogP contribution in [0.15, 0.2) is 53.6 Å². The Labute approximate surface area is 121 Å². The van der Waals surface area contributed by atoms with E-state index in [9.17, 15) is 15.0 Å². The number of benzene rings is 2. The van der Waals surface area contributed by atoms with Crippen molar-refractivity contribution in [1.82, 2.24) is 5.43 Å². The largest absolute Gasteiger partial charge is 0.507 e. The first-order valence-corrected chi connectivity index (χ1v) is 5.91. The SMILES string of the molecule is NN.O=C(NN=Cc1ccccc1O)c1ccccc1O. The fourth-order valence-electron chi connectivity index (χ4n) is 1.48. The fraction of sp³-hybridized carbons (Fsp3) is 0. The molecule has 0 fully saturated rings. The summed E-state index contributed by atoms with van der Waals surface area (Å²) < 4.78 is 0. The van der Waals surface area contributed by atoms with E-state index in [1.807, 2.05) is 0 Å². The summed E-state index contributed by atoms with van der Waals surface area (Å²) in [5.74, 6) is 7.44. The first-order chi connectivity index (χ1) is 10.2. The highest BCUT2D eigenvalue weighted by Crippen LogP contribution is 2.15. The number of phenols is 2. The van der Waals surface area contributed by atoms with Crippen molar-refractivity contribution in [3.8, 4) is 11.5 Å². The molecular weight excluding hydrogens is 272 g/mol. The number of amides is 1. The van der Waals surface area contributed by atoms with E-state index in [0.29, 0.717) is 5.56 Å². The molecule has 0 heterocycles. The third-order valence-corrected chi connectivity index (χ3v) is 2.46. The second-order valence-corrected chi connectivity index (χ2v) is 3.78. The van der Waals surface area contributed by atoms with Gasteiger partial charge in [0.2, 0.25) is 0 Å². The topological polar surface area (TPSA) is 134 Å². The number of carbonyl (C=O) groups is 1. The first-order valence-electron chi connectivity index (χ1n) is 5.91. The minimum atomic E-state index is -0.523. The summed E-state index contributed by atoms with van der Waals surface area (Å²) in [5.41, 5.74) is 2.90. The van der Waals surface area contributed by atoms with Crippen LogP contribution < -0.4 is 17.1 Å². The van der Waals surface area contributed by atoms with Gasteiger partial charge in [-0.2, -0.15) is 5.10 Å². The molecule has 2 aromatic carbocycles. The molecule has 7 heteroatoms. The monoisotopic (exact) mass is 288 g/mol. The van der Waals surface area contributed by atoms with E-state index >= 15 is 0 Å². The van der Waals surface area contributed by atoms with E-state index in [-0.39, 0.29) is 17.1 Å². The molecule has 0 saturated heterocycles. The molecule has 0 aliphatic heterocycles. The Kier molecular flexibility index (Phi) is 6.39. The van der Waals surface area contributed by atoms with Gasteiger partial charge in [-0.25, -0.2) is 5.43 Å². The van der Waals surface area contributed by atoms with Crippen LogP contribution in [-0.2, 0) is 0 Å². The van der Waals surface area contributed by atoms with Gasteiger partial charge in [0.1, 0.15) is 11.5 Å². The Bertz CT molecular complexity index is 629. The number of nitrogens with zero attached hydrogens (tertiary/aromatic N) is 1. The second kappa shape index (κ2) is 8.31. The number of hydrogen-bond acceptors (Lipinski definition) is 6.